The van der Waals surface area contributed by atoms with E-state index in [-0.39, 0.29) is 12.5 Å². The van der Waals surface area contributed by atoms with Crippen LogP contribution in [-0.4, -0.2) is 41.1 Å². The molecule has 2 rings (SSSR count). The number of aliphatic hydroxyl groups is 2. The summed E-state index contributed by atoms with van der Waals surface area (Å²) in [7, 11) is 0. The number of epoxide rings is 1. The Hall–Kier alpha value is -0.260. The van der Waals surface area contributed by atoms with Crippen LogP contribution in [0.4, 0.5) is 8.78 Å². The summed E-state index contributed by atoms with van der Waals surface area (Å²) in [5, 5.41) is 17.6. The molecule has 0 aromatic rings. The van der Waals surface area contributed by atoms with Crippen LogP contribution in [0, 0.1) is 5.92 Å². The quantitative estimate of drug-likeness (QED) is 0.577. The zero-order valence-electron chi connectivity index (χ0n) is 6.28. The molecule has 2 N–H and O–H groups in total. The van der Waals surface area contributed by atoms with Gasteiger partial charge in [-0.05, 0) is 0 Å². The molecule has 0 aromatic heterocycles. The molecule has 3 nitrogen and oxygen atoms in total. The third-order valence-electron chi connectivity index (χ3n) is 2.56. The third kappa shape index (κ3) is 1.04. The van der Waals surface area contributed by atoms with E-state index in [1.54, 1.807) is 0 Å². The summed E-state index contributed by atoms with van der Waals surface area (Å²) in [6.45, 7) is -1.22. The minimum Gasteiger partial charge on any atom is -0.392 e. The van der Waals surface area contributed by atoms with E-state index in [4.69, 9.17) is 9.84 Å². The van der Waals surface area contributed by atoms with Crippen molar-refractivity contribution in [3.8, 4) is 0 Å². The SMILES string of the molecule is OCC(F)(F)C1C(O)CC2OC21. The van der Waals surface area contributed by atoms with Gasteiger partial charge in [0.15, 0.2) is 0 Å². The Kier molecular flexibility index (Phi) is 1.65. The van der Waals surface area contributed by atoms with Crippen molar-refractivity contribution in [2.75, 3.05) is 6.61 Å². The maximum atomic E-state index is 12.9. The van der Waals surface area contributed by atoms with Crippen molar-refractivity contribution in [3.05, 3.63) is 0 Å². The van der Waals surface area contributed by atoms with Gasteiger partial charge in [-0.25, -0.2) is 8.78 Å². The Morgan fingerprint density at radius 3 is 2.58 bits per heavy atom. The number of rotatable bonds is 2. The Morgan fingerprint density at radius 1 is 1.50 bits per heavy atom. The summed E-state index contributed by atoms with van der Waals surface area (Å²) in [5.74, 6) is -4.43. The number of fused-ring (bicyclic) bond motifs is 1. The third-order valence-corrected chi connectivity index (χ3v) is 2.56. The van der Waals surface area contributed by atoms with Gasteiger partial charge in [0.05, 0.1) is 24.2 Å². The van der Waals surface area contributed by atoms with Gasteiger partial charge in [0.2, 0.25) is 0 Å². The average molecular weight is 180 g/mol. The zero-order valence-corrected chi connectivity index (χ0v) is 6.28. The minimum atomic E-state index is -3.21. The first kappa shape index (κ1) is 8.34. The number of halogens is 2. The highest BCUT2D eigenvalue weighted by atomic mass is 19.3. The molecule has 4 unspecified atom stereocenters. The second-order valence-corrected chi connectivity index (χ2v) is 3.39. The molecule has 5 heteroatoms. The summed E-state index contributed by atoms with van der Waals surface area (Å²) in [6.07, 6.45) is -1.51. The summed E-state index contributed by atoms with van der Waals surface area (Å²) < 4.78 is 30.7. The van der Waals surface area contributed by atoms with Crippen LogP contribution >= 0.6 is 0 Å². The highest BCUT2D eigenvalue weighted by Crippen LogP contribution is 2.49. The monoisotopic (exact) mass is 180 g/mol. The summed E-state index contributed by atoms with van der Waals surface area (Å²) in [5.41, 5.74) is 0. The van der Waals surface area contributed by atoms with Crippen molar-refractivity contribution in [1.82, 2.24) is 0 Å². The van der Waals surface area contributed by atoms with Gasteiger partial charge < -0.3 is 14.9 Å². The molecular formula is C7H10F2O3. The molecule has 4 atom stereocenters. The average Bonchev–Trinajstić information content (AvgIpc) is 2.62. The molecule has 0 spiro atoms. The van der Waals surface area contributed by atoms with E-state index in [1.807, 2.05) is 0 Å². The van der Waals surface area contributed by atoms with Gasteiger partial charge in [0.1, 0.15) is 6.61 Å². The van der Waals surface area contributed by atoms with Gasteiger partial charge in [0, 0.05) is 6.42 Å². The van der Waals surface area contributed by atoms with Crippen LogP contribution in [0.25, 0.3) is 0 Å². The number of alkyl halides is 2. The Morgan fingerprint density at radius 2 is 2.17 bits per heavy atom. The smallest absolute Gasteiger partial charge is 0.278 e. The number of aliphatic hydroxyl groups excluding tert-OH is 2. The molecule has 70 valence electrons. The fraction of sp³-hybridized carbons (Fsp3) is 1.00. The van der Waals surface area contributed by atoms with Crippen molar-refractivity contribution in [2.45, 2.75) is 30.7 Å². The van der Waals surface area contributed by atoms with Crippen molar-refractivity contribution in [1.29, 1.82) is 0 Å². The number of hydrogen-bond donors (Lipinski definition) is 2. The van der Waals surface area contributed by atoms with Crippen molar-refractivity contribution >= 4 is 0 Å². The lowest BCUT2D eigenvalue weighted by Gasteiger charge is -2.24. The van der Waals surface area contributed by atoms with E-state index in [0.717, 1.165) is 0 Å². The molecule has 1 aliphatic heterocycles. The van der Waals surface area contributed by atoms with Crippen LogP contribution in [-0.2, 0) is 4.74 Å². The molecule has 2 fully saturated rings. The zero-order chi connectivity index (χ0) is 8.93. The predicted octanol–water partition coefficient (Wildman–Crippen LogP) is -0.238. The number of ether oxygens (including phenoxy) is 1. The molecule has 1 saturated heterocycles. The Labute approximate surface area is 68.0 Å². The maximum Gasteiger partial charge on any atom is 0.278 e. The Balaban J connectivity index is 2.11. The standard InChI is InChI=1S/C7H10F2O3/c8-7(9,2-10)5-3(11)1-4-6(5)12-4/h3-6,10-11H,1-2H2. The lowest BCUT2D eigenvalue weighted by molar-refractivity contribution is -0.137. The molecule has 12 heavy (non-hydrogen) atoms. The Bertz CT molecular complexity index is 195. The molecule has 0 amide bonds. The number of hydrogen-bond acceptors (Lipinski definition) is 3. The van der Waals surface area contributed by atoms with Gasteiger partial charge in [-0.3, -0.25) is 0 Å². The van der Waals surface area contributed by atoms with Gasteiger partial charge >= 0.3 is 0 Å². The van der Waals surface area contributed by atoms with E-state index >= 15 is 0 Å². The second-order valence-electron chi connectivity index (χ2n) is 3.39. The van der Waals surface area contributed by atoms with Gasteiger partial charge in [-0.2, -0.15) is 0 Å². The highest BCUT2D eigenvalue weighted by Gasteiger charge is 2.63. The minimum absolute atomic E-state index is 0.206. The molecule has 0 bridgehead atoms. The van der Waals surface area contributed by atoms with E-state index in [0.29, 0.717) is 0 Å². The second kappa shape index (κ2) is 2.37. The van der Waals surface area contributed by atoms with E-state index in [2.05, 4.69) is 0 Å². The lowest BCUT2D eigenvalue weighted by atomic mass is 9.97. The first-order valence-electron chi connectivity index (χ1n) is 3.88. The topological polar surface area (TPSA) is 53.0 Å². The first-order valence-corrected chi connectivity index (χ1v) is 3.88. The summed E-state index contributed by atoms with van der Waals surface area (Å²) >= 11 is 0. The fourth-order valence-electron chi connectivity index (χ4n) is 1.89. The van der Waals surface area contributed by atoms with Crippen molar-refractivity contribution < 1.29 is 23.7 Å². The normalized spacial score (nSPS) is 46.0. The molecule has 2 aliphatic rings. The van der Waals surface area contributed by atoms with Gasteiger partial charge in [-0.1, -0.05) is 0 Å². The van der Waals surface area contributed by atoms with Crippen LogP contribution < -0.4 is 0 Å². The van der Waals surface area contributed by atoms with Crippen molar-refractivity contribution in [2.24, 2.45) is 5.92 Å². The van der Waals surface area contributed by atoms with Gasteiger partial charge in [0.25, 0.3) is 5.92 Å². The molecule has 1 heterocycles. The van der Waals surface area contributed by atoms with Crippen LogP contribution in [0.2, 0.25) is 0 Å². The van der Waals surface area contributed by atoms with E-state index in [1.165, 1.54) is 0 Å². The largest absolute Gasteiger partial charge is 0.392 e. The molecule has 1 saturated carbocycles. The lowest BCUT2D eigenvalue weighted by Crippen LogP contribution is -2.40. The summed E-state index contributed by atoms with van der Waals surface area (Å²) in [4.78, 5) is 0. The first-order chi connectivity index (χ1) is 5.56. The van der Waals surface area contributed by atoms with Crippen molar-refractivity contribution in [3.63, 3.8) is 0 Å². The van der Waals surface area contributed by atoms with E-state index in [9.17, 15) is 13.9 Å². The molecule has 0 aromatic carbocycles. The van der Waals surface area contributed by atoms with E-state index < -0.39 is 30.7 Å². The van der Waals surface area contributed by atoms with Gasteiger partial charge in [-0.15, -0.1) is 0 Å². The molecular weight excluding hydrogens is 170 g/mol. The fourth-order valence-corrected chi connectivity index (χ4v) is 1.89. The summed E-state index contributed by atoms with van der Waals surface area (Å²) in [6, 6.07) is 0. The highest BCUT2D eigenvalue weighted by molar-refractivity contribution is 5.07. The molecule has 1 aliphatic carbocycles. The predicted molar refractivity (Wildman–Crippen MR) is 34.8 cm³/mol. The van der Waals surface area contributed by atoms with Crippen LogP contribution in [0.5, 0.6) is 0 Å². The van der Waals surface area contributed by atoms with Crippen LogP contribution in [0.15, 0.2) is 0 Å². The maximum absolute atomic E-state index is 12.9. The molecule has 0 radical (unpaired) electrons. The van der Waals surface area contributed by atoms with Crippen LogP contribution in [0.1, 0.15) is 6.42 Å². The van der Waals surface area contributed by atoms with Crippen LogP contribution in [0.3, 0.4) is 0 Å².